The number of benzene rings is 2. The Hall–Kier alpha value is -3.46. The smallest absolute Gasteiger partial charge is 0.243 e. The molecule has 0 aromatic heterocycles. The fraction of sp³-hybridized carbons (Fsp3) is 0.304. The molecule has 6 nitrogen and oxygen atoms in total. The number of carbonyl (C=O) groups excluding carboxylic acids is 1. The summed E-state index contributed by atoms with van der Waals surface area (Å²) in [5, 5.41) is 5.98. The van der Waals surface area contributed by atoms with Gasteiger partial charge in [0.1, 0.15) is 11.9 Å². The molecule has 1 fully saturated rings. The first-order valence-corrected chi connectivity index (χ1v) is 9.72. The number of terminal acetylenes is 1. The number of nitrogens with one attached hydrogen (secondary N) is 2. The number of aliphatic imine (C=N–C) groups is 1. The maximum atomic E-state index is 12.3. The lowest BCUT2D eigenvalue weighted by Gasteiger charge is -2.34. The summed E-state index contributed by atoms with van der Waals surface area (Å²) in [6, 6.07) is 17.1. The number of guanidine groups is 1. The number of hydrogen-bond acceptors (Lipinski definition) is 3. The van der Waals surface area contributed by atoms with Gasteiger partial charge in [0, 0.05) is 44.2 Å². The summed E-state index contributed by atoms with van der Waals surface area (Å²) in [5.41, 5.74) is 1.41. The molecule has 0 aliphatic carbocycles. The number of ether oxygens (including phenoxy) is 1. The highest BCUT2D eigenvalue weighted by molar-refractivity contribution is 5.95. The van der Waals surface area contributed by atoms with Gasteiger partial charge in [0.2, 0.25) is 5.91 Å². The van der Waals surface area contributed by atoms with Crippen LogP contribution in [0.5, 0.6) is 5.75 Å². The second-order valence-corrected chi connectivity index (χ2v) is 6.79. The molecule has 0 bridgehead atoms. The average molecular weight is 390 g/mol. The third-order valence-electron chi connectivity index (χ3n) is 4.72. The molecule has 1 aliphatic heterocycles. The van der Waals surface area contributed by atoms with Crippen molar-refractivity contribution in [1.82, 2.24) is 10.2 Å². The van der Waals surface area contributed by atoms with Gasteiger partial charge in [0.05, 0.1) is 6.54 Å². The van der Waals surface area contributed by atoms with Gasteiger partial charge >= 0.3 is 0 Å². The second-order valence-electron chi connectivity index (χ2n) is 6.79. The van der Waals surface area contributed by atoms with Crippen LogP contribution in [0.25, 0.3) is 0 Å². The van der Waals surface area contributed by atoms with Crippen molar-refractivity contribution in [2.45, 2.75) is 18.9 Å². The van der Waals surface area contributed by atoms with Crippen LogP contribution in [0.4, 0.5) is 5.69 Å². The lowest BCUT2D eigenvalue weighted by Crippen LogP contribution is -2.49. The van der Waals surface area contributed by atoms with E-state index in [1.54, 1.807) is 13.1 Å². The van der Waals surface area contributed by atoms with E-state index in [0.717, 1.165) is 43.2 Å². The number of carbonyl (C=O) groups is 1. The first-order valence-electron chi connectivity index (χ1n) is 9.72. The van der Waals surface area contributed by atoms with Crippen molar-refractivity contribution in [2.24, 2.45) is 4.99 Å². The monoisotopic (exact) mass is 390 g/mol. The van der Waals surface area contributed by atoms with Gasteiger partial charge in [-0.1, -0.05) is 30.2 Å². The third kappa shape index (κ3) is 6.01. The van der Waals surface area contributed by atoms with Crippen LogP contribution in [0.15, 0.2) is 59.6 Å². The van der Waals surface area contributed by atoms with E-state index in [1.165, 1.54) is 0 Å². The fourth-order valence-corrected chi connectivity index (χ4v) is 3.26. The van der Waals surface area contributed by atoms with Crippen LogP contribution in [0, 0.1) is 12.3 Å². The van der Waals surface area contributed by atoms with Crippen LogP contribution in [0.2, 0.25) is 0 Å². The predicted octanol–water partition coefficient (Wildman–Crippen LogP) is 2.73. The molecular weight excluding hydrogens is 364 g/mol. The lowest BCUT2D eigenvalue weighted by atomic mass is 10.1. The van der Waals surface area contributed by atoms with Gasteiger partial charge in [0.15, 0.2) is 5.96 Å². The molecule has 1 aliphatic rings. The number of piperidine rings is 1. The molecule has 3 rings (SSSR count). The number of para-hydroxylation sites is 1. The Morgan fingerprint density at radius 3 is 2.66 bits per heavy atom. The highest BCUT2D eigenvalue weighted by Gasteiger charge is 2.23. The van der Waals surface area contributed by atoms with Crippen molar-refractivity contribution in [2.75, 3.05) is 32.0 Å². The van der Waals surface area contributed by atoms with Gasteiger partial charge in [-0.3, -0.25) is 9.79 Å². The number of nitrogens with zero attached hydrogens (tertiary/aromatic N) is 2. The van der Waals surface area contributed by atoms with Crippen molar-refractivity contribution in [3.63, 3.8) is 0 Å². The van der Waals surface area contributed by atoms with Gasteiger partial charge in [-0.05, 0) is 30.3 Å². The second kappa shape index (κ2) is 10.2. The maximum absolute atomic E-state index is 12.3. The summed E-state index contributed by atoms with van der Waals surface area (Å²) >= 11 is 0. The molecule has 2 aromatic rings. The molecule has 2 aromatic carbocycles. The zero-order valence-corrected chi connectivity index (χ0v) is 16.6. The molecule has 1 heterocycles. The molecule has 29 heavy (non-hydrogen) atoms. The van der Waals surface area contributed by atoms with Crippen LogP contribution in [-0.2, 0) is 4.79 Å². The van der Waals surface area contributed by atoms with Crippen LogP contribution < -0.4 is 15.4 Å². The molecule has 0 spiro atoms. The van der Waals surface area contributed by atoms with E-state index in [-0.39, 0.29) is 18.6 Å². The lowest BCUT2D eigenvalue weighted by molar-refractivity contribution is -0.115. The first kappa shape index (κ1) is 20.3. The van der Waals surface area contributed by atoms with Crippen LogP contribution in [0.1, 0.15) is 18.4 Å². The van der Waals surface area contributed by atoms with E-state index in [1.807, 2.05) is 48.5 Å². The highest BCUT2D eigenvalue weighted by atomic mass is 16.5. The zero-order valence-electron chi connectivity index (χ0n) is 16.6. The normalized spacial score (nSPS) is 14.8. The van der Waals surface area contributed by atoms with E-state index < -0.39 is 0 Å². The minimum atomic E-state index is -0.150. The molecule has 0 saturated carbocycles. The molecular formula is C23H26N4O2. The number of likely N-dealkylation sites (tertiary alicyclic amines) is 1. The molecule has 0 atom stereocenters. The van der Waals surface area contributed by atoms with Crippen molar-refractivity contribution < 1.29 is 9.53 Å². The molecule has 2 N–H and O–H groups in total. The Morgan fingerprint density at radius 1 is 1.21 bits per heavy atom. The number of amides is 1. The Balaban J connectivity index is 1.44. The molecule has 0 unspecified atom stereocenters. The van der Waals surface area contributed by atoms with E-state index in [9.17, 15) is 4.79 Å². The first-order chi connectivity index (χ1) is 14.2. The zero-order chi connectivity index (χ0) is 20.5. The SMILES string of the molecule is C#Cc1cccc(NC(=O)CNC(=NC)N2CCC(Oc3ccccc3)CC2)c1. The molecule has 6 heteroatoms. The van der Waals surface area contributed by atoms with Gasteiger partial charge in [0.25, 0.3) is 0 Å². The third-order valence-corrected chi connectivity index (χ3v) is 4.72. The van der Waals surface area contributed by atoms with Crippen molar-refractivity contribution in [3.05, 3.63) is 60.2 Å². The van der Waals surface area contributed by atoms with Gasteiger partial charge < -0.3 is 20.3 Å². The summed E-state index contributed by atoms with van der Waals surface area (Å²) in [4.78, 5) is 18.7. The van der Waals surface area contributed by atoms with Gasteiger partial charge in [-0.15, -0.1) is 6.42 Å². The average Bonchev–Trinajstić information content (AvgIpc) is 2.76. The Labute approximate surface area is 172 Å². The summed E-state index contributed by atoms with van der Waals surface area (Å²) in [7, 11) is 1.73. The van der Waals surface area contributed by atoms with Gasteiger partial charge in [-0.2, -0.15) is 0 Å². The Kier molecular flexibility index (Phi) is 7.12. The minimum Gasteiger partial charge on any atom is -0.490 e. The van der Waals surface area contributed by atoms with E-state index >= 15 is 0 Å². The molecule has 1 saturated heterocycles. The van der Waals surface area contributed by atoms with Crippen LogP contribution in [-0.4, -0.2) is 49.6 Å². The summed E-state index contributed by atoms with van der Waals surface area (Å²) in [6.45, 7) is 1.78. The van der Waals surface area contributed by atoms with E-state index in [4.69, 9.17) is 11.2 Å². The summed E-state index contributed by atoms with van der Waals surface area (Å²) in [6.07, 6.45) is 7.40. The van der Waals surface area contributed by atoms with E-state index in [2.05, 4.69) is 26.4 Å². The predicted molar refractivity (Wildman–Crippen MR) is 116 cm³/mol. The fourth-order valence-electron chi connectivity index (χ4n) is 3.26. The van der Waals surface area contributed by atoms with Crippen molar-refractivity contribution >= 4 is 17.6 Å². The van der Waals surface area contributed by atoms with Gasteiger partial charge in [-0.25, -0.2) is 0 Å². The number of hydrogen-bond donors (Lipinski definition) is 2. The maximum Gasteiger partial charge on any atom is 0.243 e. The Morgan fingerprint density at radius 2 is 1.97 bits per heavy atom. The summed E-state index contributed by atoms with van der Waals surface area (Å²) in [5.74, 6) is 4.03. The highest BCUT2D eigenvalue weighted by Crippen LogP contribution is 2.18. The standard InChI is InChI=1S/C23H26N4O2/c1-3-18-8-7-9-19(16-18)26-22(28)17-25-23(24-2)27-14-12-21(13-15-27)29-20-10-5-4-6-11-20/h1,4-11,16,21H,12-15,17H2,2H3,(H,24,25)(H,26,28). The van der Waals surface area contributed by atoms with Crippen LogP contribution in [0.3, 0.4) is 0 Å². The van der Waals surface area contributed by atoms with E-state index in [0.29, 0.717) is 5.69 Å². The molecule has 150 valence electrons. The molecule has 0 radical (unpaired) electrons. The number of rotatable bonds is 5. The number of anilines is 1. The largest absolute Gasteiger partial charge is 0.490 e. The summed E-state index contributed by atoms with van der Waals surface area (Å²) < 4.78 is 6.04. The van der Waals surface area contributed by atoms with Crippen molar-refractivity contribution in [1.29, 1.82) is 0 Å². The van der Waals surface area contributed by atoms with Crippen molar-refractivity contribution in [3.8, 4) is 18.1 Å². The Bertz CT molecular complexity index is 881. The minimum absolute atomic E-state index is 0.132. The molecule has 1 amide bonds. The van der Waals surface area contributed by atoms with Crippen LogP contribution >= 0.6 is 0 Å². The quantitative estimate of drug-likeness (QED) is 0.468. The topological polar surface area (TPSA) is 66.0 Å².